The Kier molecular flexibility index (Phi) is 21.5. The second-order valence-corrected chi connectivity index (χ2v) is 6.41. The van der Waals surface area contributed by atoms with Crippen LogP contribution in [0.3, 0.4) is 0 Å². The van der Waals surface area contributed by atoms with Gasteiger partial charge in [-0.05, 0) is 65.0 Å². The lowest BCUT2D eigenvalue weighted by atomic mass is 10.1. The Balaban J connectivity index is 0. The van der Waals surface area contributed by atoms with E-state index in [1.165, 1.54) is 77.4 Å². The first kappa shape index (κ1) is 24.0. The van der Waals surface area contributed by atoms with Crippen LogP contribution in [-0.2, 0) is 0 Å². The second kappa shape index (κ2) is 18.8. The van der Waals surface area contributed by atoms with E-state index < -0.39 is 0 Å². The molecule has 21 heavy (non-hydrogen) atoms. The van der Waals surface area contributed by atoms with E-state index in [4.69, 9.17) is 0 Å². The van der Waals surface area contributed by atoms with Crippen LogP contribution in [-0.4, -0.2) is 43.4 Å². The number of halogens is 1. The predicted molar refractivity (Wildman–Crippen MR) is 106 cm³/mol. The summed E-state index contributed by atoms with van der Waals surface area (Å²) in [6, 6.07) is 0.683. The third kappa shape index (κ3) is 16.9. The molecule has 1 unspecified atom stereocenters. The van der Waals surface area contributed by atoms with Gasteiger partial charge in [-0.3, -0.25) is 0 Å². The Morgan fingerprint density at radius 3 is 1.95 bits per heavy atom. The molecule has 1 atom stereocenters. The highest BCUT2D eigenvalue weighted by Crippen LogP contribution is 2.08. The van der Waals surface area contributed by atoms with E-state index >= 15 is 0 Å². The van der Waals surface area contributed by atoms with Crippen LogP contribution in [0.5, 0.6) is 0 Å². The molecule has 0 saturated carbocycles. The van der Waals surface area contributed by atoms with Gasteiger partial charge in [0.2, 0.25) is 0 Å². The highest BCUT2D eigenvalue weighted by molar-refractivity contribution is 8.93. The summed E-state index contributed by atoms with van der Waals surface area (Å²) in [4.78, 5) is 2.61. The second-order valence-electron chi connectivity index (χ2n) is 5.96. The van der Waals surface area contributed by atoms with Gasteiger partial charge in [0, 0.05) is 6.04 Å². The van der Waals surface area contributed by atoms with Crippen LogP contribution in [0.25, 0.3) is 0 Å². The maximum absolute atomic E-state index is 4.27. The predicted octanol–water partition coefficient (Wildman–Crippen LogP) is 4.93. The van der Waals surface area contributed by atoms with Crippen LogP contribution >= 0.6 is 29.6 Å². The van der Waals surface area contributed by atoms with Gasteiger partial charge < -0.3 is 10.2 Å². The molecule has 0 amide bonds. The number of nitrogens with one attached hydrogen (secondary N) is 1. The maximum atomic E-state index is 4.27. The molecular weight excluding hydrogens is 344 g/mol. The molecule has 0 saturated heterocycles. The van der Waals surface area contributed by atoms with Gasteiger partial charge in [-0.2, -0.15) is 12.6 Å². The standard InChI is InChI=1S/C17H38N2S.BrH/c1-4-19(15-11-8-12-16-20)14-10-7-5-6-9-13-17(2)18-3;/h17-18,20H,4-16H2,1-3H3;1H. The van der Waals surface area contributed by atoms with Gasteiger partial charge in [0.15, 0.2) is 0 Å². The van der Waals surface area contributed by atoms with Crippen molar-refractivity contribution < 1.29 is 0 Å². The third-order valence-corrected chi connectivity index (χ3v) is 4.50. The molecule has 4 heteroatoms. The van der Waals surface area contributed by atoms with Gasteiger partial charge in [0.1, 0.15) is 0 Å². The Labute approximate surface area is 150 Å². The van der Waals surface area contributed by atoms with Crippen LogP contribution in [0.4, 0.5) is 0 Å². The SMILES string of the molecule is Br.CCN(CCCCCS)CCCCCCCC(C)NC. The summed E-state index contributed by atoms with van der Waals surface area (Å²) in [6.45, 7) is 8.35. The molecule has 130 valence electrons. The zero-order chi connectivity index (χ0) is 15.1. The maximum Gasteiger partial charge on any atom is 0.00357 e. The highest BCUT2D eigenvalue weighted by atomic mass is 79.9. The first-order valence-electron chi connectivity index (χ1n) is 8.75. The molecule has 1 N–H and O–H groups in total. The van der Waals surface area contributed by atoms with Gasteiger partial charge >= 0.3 is 0 Å². The van der Waals surface area contributed by atoms with E-state index in [1.807, 2.05) is 0 Å². The van der Waals surface area contributed by atoms with Crippen molar-refractivity contribution in [2.75, 3.05) is 32.4 Å². The van der Waals surface area contributed by atoms with E-state index in [9.17, 15) is 0 Å². The molecule has 0 spiro atoms. The average Bonchev–Trinajstić information content (AvgIpc) is 2.48. The highest BCUT2D eigenvalue weighted by Gasteiger charge is 2.02. The topological polar surface area (TPSA) is 15.3 Å². The van der Waals surface area contributed by atoms with Gasteiger partial charge in [-0.15, -0.1) is 17.0 Å². The molecule has 0 aromatic rings. The summed E-state index contributed by atoms with van der Waals surface area (Å²) in [5.74, 6) is 1.04. The Hall–Kier alpha value is 0.750. The summed E-state index contributed by atoms with van der Waals surface area (Å²) in [5, 5.41) is 3.31. The molecule has 0 heterocycles. The summed E-state index contributed by atoms with van der Waals surface area (Å²) in [5.41, 5.74) is 0. The fraction of sp³-hybridized carbons (Fsp3) is 1.00. The van der Waals surface area contributed by atoms with Gasteiger partial charge in [-0.1, -0.05) is 39.0 Å². The Morgan fingerprint density at radius 2 is 1.43 bits per heavy atom. The monoisotopic (exact) mass is 382 g/mol. The van der Waals surface area contributed by atoms with Crippen molar-refractivity contribution in [3.05, 3.63) is 0 Å². The summed E-state index contributed by atoms with van der Waals surface area (Å²) >= 11 is 4.27. The lowest BCUT2D eigenvalue weighted by molar-refractivity contribution is 0.274. The number of thiol groups is 1. The van der Waals surface area contributed by atoms with Crippen molar-refractivity contribution in [2.24, 2.45) is 0 Å². The third-order valence-electron chi connectivity index (χ3n) is 4.18. The Morgan fingerprint density at radius 1 is 0.905 bits per heavy atom. The zero-order valence-corrected chi connectivity index (χ0v) is 17.2. The van der Waals surface area contributed by atoms with Crippen LogP contribution in [0.15, 0.2) is 0 Å². The summed E-state index contributed by atoms with van der Waals surface area (Å²) in [6.07, 6.45) is 12.2. The molecule has 0 aliphatic carbocycles. The number of rotatable bonds is 15. The van der Waals surface area contributed by atoms with Crippen LogP contribution in [0.2, 0.25) is 0 Å². The van der Waals surface area contributed by atoms with Gasteiger partial charge in [0.25, 0.3) is 0 Å². The van der Waals surface area contributed by atoms with E-state index in [0.29, 0.717) is 6.04 Å². The smallest absolute Gasteiger partial charge is 0.00357 e. The van der Waals surface area contributed by atoms with Crippen molar-refractivity contribution in [3.63, 3.8) is 0 Å². The van der Waals surface area contributed by atoms with E-state index in [0.717, 1.165) is 5.75 Å². The molecule has 2 nitrogen and oxygen atoms in total. The first-order valence-corrected chi connectivity index (χ1v) is 9.38. The summed E-state index contributed by atoms with van der Waals surface area (Å²) < 4.78 is 0. The van der Waals surface area contributed by atoms with Crippen LogP contribution in [0.1, 0.15) is 71.6 Å². The molecule has 0 aromatic carbocycles. The first-order chi connectivity index (χ1) is 9.74. The van der Waals surface area contributed by atoms with Crippen molar-refractivity contribution in [2.45, 2.75) is 77.7 Å². The van der Waals surface area contributed by atoms with Crippen LogP contribution in [0, 0.1) is 0 Å². The fourth-order valence-corrected chi connectivity index (χ4v) is 2.74. The van der Waals surface area contributed by atoms with Crippen molar-refractivity contribution >= 4 is 29.6 Å². The fourth-order valence-electron chi connectivity index (χ4n) is 2.51. The zero-order valence-electron chi connectivity index (χ0n) is 14.6. The van der Waals surface area contributed by atoms with Crippen LogP contribution < -0.4 is 5.32 Å². The molecule has 0 aliphatic heterocycles. The lowest BCUT2D eigenvalue weighted by Crippen LogP contribution is -2.25. The molecule has 0 rings (SSSR count). The minimum atomic E-state index is 0. The van der Waals surface area contributed by atoms with E-state index in [-0.39, 0.29) is 17.0 Å². The molecular formula is C17H39BrN2S. The molecule has 0 bridgehead atoms. The Bertz CT molecular complexity index is 194. The molecule has 0 fully saturated rings. The van der Waals surface area contributed by atoms with Gasteiger partial charge in [0.05, 0.1) is 0 Å². The van der Waals surface area contributed by atoms with Crippen molar-refractivity contribution in [1.29, 1.82) is 0 Å². The normalized spacial score (nSPS) is 12.4. The minimum absolute atomic E-state index is 0. The number of unbranched alkanes of at least 4 members (excludes halogenated alkanes) is 6. The van der Waals surface area contributed by atoms with E-state index in [1.54, 1.807) is 0 Å². The van der Waals surface area contributed by atoms with E-state index in [2.05, 4.69) is 43.7 Å². The largest absolute Gasteiger partial charge is 0.317 e. The van der Waals surface area contributed by atoms with Crippen molar-refractivity contribution in [1.82, 2.24) is 10.2 Å². The average molecular weight is 383 g/mol. The molecule has 0 aromatic heterocycles. The number of hydrogen-bond acceptors (Lipinski definition) is 3. The number of hydrogen-bond donors (Lipinski definition) is 2. The quantitative estimate of drug-likeness (QED) is 0.308. The molecule has 0 aliphatic rings. The molecule has 0 radical (unpaired) electrons. The number of nitrogens with zero attached hydrogens (tertiary/aromatic N) is 1. The lowest BCUT2D eigenvalue weighted by Gasteiger charge is -2.20. The van der Waals surface area contributed by atoms with Gasteiger partial charge in [-0.25, -0.2) is 0 Å². The minimum Gasteiger partial charge on any atom is -0.317 e. The van der Waals surface area contributed by atoms with Crippen molar-refractivity contribution in [3.8, 4) is 0 Å². The summed E-state index contributed by atoms with van der Waals surface area (Å²) in [7, 11) is 2.06.